The van der Waals surface area contributed by atoms with Gasteiger partial charge in [-0.2, -0.15) is 0 Å². The molecule has 0 unspecified atom stereocenters. The van der Waals surface area contributed by atoms with E-state index >= 15 is 0 Å². The van der Waals surface area contributed by atoms with Gasteiger partial charge in [0.05, 0.1) is 11.3 Å². The lowest BCUT2D eigenvalue weighted by Gasteiger charge is -2.12. The van der Waals surface area contributed by atoms with Gasteiger partial charge in [0.2, 0.25) is 0 Å². The van der Waals surface area contributed by atoms with Gasteiger partial charge in [0, 0.05) is 31.5 Å². The third-order valence-electron chi connectivity index (χ3n) is 4.32. The molecule has 26 heavy (non-hydrogen) atoms. The van der Waals surface area contributed by atoms with E-state index in [0.717, 1.165) is 21.0 Å². The molecule has 0 amide bonds. The SMILES string of the molecule is Cc1ccc(C)n1-c1sccc1C(=O)OCc1cc(=O)n(C)c(=O)n1C. The molecule has 0 saturated carbocycles. The fraction of sp³-hybridized carbons (Fsp3) is 0.278. The van der Waals surface area contributed by atoms with Gasteiger partial charge < -0.3 is 9.30 Å². The normalized spacial score (nSPS) is 10.9. The van der Waals surface area contributed by atoms with Gasteiger partial charge in [-0.1, -0.05) is 0 Å². The van der Waals surface area contributed by atoms with Crippen LogP contribution in [0.3, 0.4) is 0 Å². The summed E-state index contributed by atoms with van der Waals surface area (Å²) in [6.07, 6.45) is 0. The van der Waals surface area contributed by atoms with Crippen LogP contribution in [0.1, 0.15) is 27.4 Å². The number of hydrogen-bond donors (Lipinski definition) is 0. The van der Waals surface area contributed by atoms with Crippen LogP contribution in [0.5, 0.6) is 0 Å². The predicted molar refractivity (Wildman–Crippen MR) is 99.2 cm³/mol. The minimum Gasteiger partial charge on any atom is -0.456 e. The standard InChI is InChI=1S/C18H19N3O4S/c1-11-5-6-12(2)21(11)16-14(7-8-26-16)17(23)25-10-13-9-15(22)20(4)18(24)19(13)3/h5-9H,10H2,1-4H3. The first kappa shape index (κ1) is 17.9. The van der Waals surface area contributed by atoms with Crippen LogP contribution in [-0.4, -0.2) is 19.7 Å². The monoisotopic (exact) mass is 373 g/mol. The number of aryl methyl sites for hydroxylation is 2. The summed E-state index contributed by atoms with van der Waals surface area (Å²) >= 11 is 1.45. The van der Waals surface area contributed by atoms with Gasteiger partial charge in [-0.05, 0) is 37.4 Å². The van der Waals surface area contributed by atoms with Gasteiger partial charge in [-0.25, -0.2) is 9.59 Å². The van der Waals surface area contributed by atoms with Crippen molar-refractivity contribution in [1.29, 1.82) is 0 Å². The maximum atomic E-state index is 12.6. The van der Waals surface area contributed by atoms with E-state index in [4.69, 9.17) is 4.74 Å². The zero-order chi connectivity index (χ0) is 19.0. The molecule has 0 aliphatic heterocycles. The van der Waals surface area contributed by atoms with E-state index in [1.807, 2.05) is 35.9 Å². The summed E-state index contributed by atoms with van der Waals surface area (Å²) in [5, 5.41) is 2.62. The zero-order valence-electron chi connectivity index (χ0n) is 15.0. The number of esters is 1. The molecule has 0 saturated heterocycles. The van der Waals surface area contributed by atoms with E-state index in [1.165, 1.54) is 36.1 Å². The quantitative estimate of drug-likeness (QED) is 0.655. The van der Waals surface area contributed by atoms with Crippen LogP contribution in [0.4, 0.5) is 0 Å². The molecule has 0 bridgehead atoms. The van der Waals surface area contributed by atoms with E-state index in [9.17, 15) is 14.4 Å². The fourth-order valence-electron chi connectivity index (χ4n) is 2.75. The Labute approximate surface area is 153 Å². The van der Waals surface area contributed by atoms with Crippen LogP contribution in [0.2, 0.25) is 0 Å². The van der Waals surface area contributed by atoms with Crippen molar-refractivity contribution in [3.63, 3.8) is 0 Å². The van der Waals surface area contributed by atoms with E-state index < -0.39 is 17.2 Å². The Kier molecular flexibility index (Phi) is 4.69. The summed E-state index contributed by atoms with van der Waals surface area (Å²) in [5.41, 5.74) is 1.94. The van der Waals surface area contributed by atoms with Crippen molar-refractivity contribution in [2.45, 2.75) is 20.5 Å². The van der Waals surface area contributed by atoms with E-state index in [1.54, 1.807) is 6.07 Å². The Balaban J connectivity index is 1.87. The van der Waals surface area contributed by atoms with Crippen molar-refractivity contribution in [2.75, 3.05) is 0 Å². The predicted octanol–water partition coefficient (Wildman–Crippen LogP) is 1.91. The van der Waals surface area contributed by atoms with Crippen molar-refractivity contribution >= 4 is 17.3 Å². The molecule has 7 nitrogen and oxygen atoms in total. The van der Waals surface area contributed by atoms with E-state index in [-0.39, 0.29) is 6.61 Å². The molecule has 136 valence electrons. The Morgan fingerprint density at radius 2 is 1.73 bits per heavy atom. The van der Waals surface area contributed by atoms with Crippen LogP contribution in [0.25, 0.3) is 5.00 Å². The smallest absolute Gasteiger partial charge is 0.341 e. The van der Waals surface area contributed by atoms with Gasteiger partial charge in [-0.3, -0.25) is 13.9 Å². The second-order valence-corrected chi connectivity index (χ2v) is 6.94. The highest BCUT2D eigenvalue weighted by atomic mass is 32.1. The van der Waals surface area contributed by atoms with E-state index in [0.29, 0.717) is 11.3 Å². The number of carbonyl (C=O) groups is 1. The minimum absolute atomic E-state index is 0.153. The van der Waals surface area contributed by atoms with Crippen molar-refractivity contribution in [3.8, 4) is 5.00 Å². The number of nitrogens with zero attached hydrogens (tertiary/aromatic N) is 3. The molecule has 8 heteroatoms. The summed E-state index contributed by atoms with van der Waals surface area (Å²) in [6.45, 7) is 3.79. The summed E-state index contributed by atoms with van der Waals surface area (Å²) in [7, 11) is 2.94. The molecule has 0 radical (unpaired) electrons. The Morgan fingerprint density at radius 3 is 2.38 bits per heavy atom. The average molecular weight is 373 g/mol. The van der Waals surface area contributed by atoms with Crippen molar-refractivity contribution in [1.82, 2.24) is 13.7 Å². The van der Waals surface area contributed by atoms with Gasteiger partial charge in [-0.15, -0.1) is 11.3 Å². The maximum Gasteiger partial charge on any atom is 0.341 e. The fourth-order valence-corrected chi connectivity index (χ4v) is 3.76. The third kappa shape index (κ3) is 3.03. The first-order valence-electron chi connectivity index (χ1n) is 7.97. The lowest BCUT2D eigenvalue weighted by molar-refractivity contribution is 0.0463. The number of hydrogen-bond acceptors (Lipinski definition) is 5. The molecule has 0 aliphatic carbocycles. The molecule has 0 aromatic carbocycles. The highest BCUT2D eigenvalue weighted by Gasteiger charge is 2.18. The summed E-state index contributed by atoms with van der Waals surface area (Å²) in [4.78, 5) is 36.3. The van der Waals surface area contributed by atoms with Crippen molar-refractivity contribution < 1.29 is 9.53 Å². The van der Waals surface area contributed by atoms with E-state index in [2.05, 4.69) is 0 Å². The number of rotatable bonds is 4. The highest BCUT2D eigenvalue weighted by Crippen LogP contribution is 2.26. The molecule has 3 aromatic heterocycles. The van der Waals surface area contributed by atoms with Crippen LogP contribution in [0.15, 0.2) is 39.2 Å². The van der Waals surface area contributed by atoms with Gasteiger partial charge >= 0.3 is 11.7 Å². The lowest BCUT2D eigenvalue weighted by atomic mass is 10.3. The largest absolute Gasteiger partial charge is 0.456 e. The molecular formula is C18H19N3O4S. The Morgan fingerprint density at radius 1 is 1.08 bits per heavy atom. The Bertz CT molecular complexity index is 1080. The van der Waals surface area contributed by atoms with Crippen molar-refractivity contribution in [2.24, 2.45) is 14.1 Å². The molecule has 0 aliphatic rings. The number of ether oxygens (including phenoxy) is 1. The lowest BCUT2D eigenvalue weighted by Crippen LogP contribution is -2.38. The summed E-state index contributed by atoms with van der Waals surface area (Å²) in [5.74, 6) is -0.498. The molecule has 0 N–H and O–H groups in total. The molecular weight excluding hydrogens is 354 g/mol. The molecule has 3 aromatic rings. The molecule has 3 heterocycles. The number of carbonyl (C=O) groups excluding carboxylic acids is 1. The van der Waals surface area contributed by atoms with Crippen LogP contribution < -0.4 is 11.2 Å². The van der Waals surface area contributed by atoms with Crippen LogP contribution in [0, 0.1) is 13.8 Å². The second kappa shape index (κ2) is 6.80. The maximum absolute atomic E-state index is 12.6. The minimum atomic E-state index is -0.498. The Hall–Kier alpha value is -2.87. The van der Waals surface area contributed by atoms with Gasteiger partial charge in [0.15, 0.2) is 0 Å². The van der Waals surface area contributed by atoms with Gasteiger partial charge in [0.25, 0.3) is 5.56 Å². The zero-order valence-corrected chi connectivity index (χ0v) is 15.8. The summed E-state index contributed by atoms with van der Waals surface area (Å²) < 4.78 is 9.66. The first-order valence-corrected chi connectivity index (χ1v) is 8.85. The highest BCUT2D eigenvalue weighted by molar-refractivity contribution is 7.13. The van der Waals surface area contributed by atoms with Gasteiger partial charge in [0.1, 0.15) is 11.6 Å². The molecule has 3 rings (SSSR count). The topological polar surface area (TPSA) is 75.2 Å². The van der Waals surface area contributed by atoms with Crippen LogP contribution >= 0.6 is 11.3 Å². The second-order valence-electron chi connectivity index (χ2n) is 6.04. The molecule has 0 spiro atoms. The number of aromatic nitrogens is 3. The molecule has 0 atom stereocenters. The third-order valence-corrected chi connectivity index (χ3v) is 5.21. The van der Waals surface area contributed by atoms with Crippen LogP contribution in [-0.2, 0) is 25.4 Å². The first-order chi connectivity index (χ1) is 12.3. The summed E-state index contributed by atoms with van der Waals surface area (Å²) in [6, 6.07) is 6.98. The number of thiophene rings is 1. The molecule has 0 fully saturated rings. The average Bonchev–Trinajstić information content (AvgIpc) is 3.21. The van der Waals surface area contributed by atoms with Crippen molar-refractivity contribution in [3.05, 3.63) is 73.1 Å².